The Morgan fingerprint density at radius 2 is 1.41 bits per heavy atom. The van der Waals surface area contributed by atoms with Gasteiger partial charge in [-0.3, -0.25) is 4.79 Å². The monoisotopic (exact) mass is 370 g/mol. The third-order valence-electron chi connectivity index (χ3n) is 4.59. The number of hydrogen-bond acceptors (Lipinski definition) is 3. The van der Waals surface area contributed by atoms with Crippen LogP contribution in [0, 0.1) is 0 Å². The standard InChI is InChI=1S/C24H34O3/c1-19(12-8-9-13-20(2)26-5)11-7-6-10-18-27-22(4)24-16-14-23(15-17-24)21(3)25/h14-17H,1-2,4,6-13,18H2,3,5H3. The number of methoxy groups -OCH3 is 1. The van der Waals surface area contributed by atoms with Crippen LogP contribution in [-0.4, -0.2) is 19.5 Å². The Bertz CT molecular complexity index is 626. The van der Waals surface area contributed by atoms with Crippen LogP contribution in [-0.2, 0) is 9.47 Å². The molecule has 1 aromatic carbocycles. The molecule has 3 heteroatoms. The van der Waals surface area contributed by atoms with Gasteiger partial charge in [0.05, 0.1) is 19.5 Å². The normalized spacial score (nSPS) is 10.3. The maximum Gasteiger partial charge on any atom is 0.159 e. The summed E-state index contributed by atoms with van der Waals surface area (Å²) in [5, 5.41) is 0. The van der Waals surface area contributed by atoms with Crippen LogP contribution >= 0.6 is 0 Å². The van der Waals surface area contributed by atoms with Crippen LogP contribution in [0.2, 0.25) is 0 Å². The molecule has 0 unspecified atom stereocenters. The molecule has 0 radical (unpaired) electrons. The van der Waals surface area contributed by atoms with Gasteiger partial charge in [0, 0.05) is 17.5 Å². The second kappa shape index (κ2) is 13.0. The molecule has 1 aromatic rings. The summed E-state index contributed by atoms with van der Waals surface area (Å²) in [6, 6.07) is 7.38. The van der Waals surface area contributed by atoms with E-state index < -0.39 is 0 Å². The number of unbranched alkanes of at least 4 members (excludes halogenated alkanes) is 3. The third kappa shape index (κ3) is 9.83. The molecule has 0 saturated heterocycles. The maximum atomic E-state index is 11.3. The smallest absolute Gasteiger partial charge is 0.159 e. The molecule has 1 rings (SSSR count). The van der Waals surface area contributed by atoms with Crippen LogP contribution in [0.1, 0.15) is 74.2 Å². The summed E-state index contributed by atoms with van der Waals surface area (Å²) in [6.45, 7) is 14.2. The fourth-order valence-corrected chi connectivity index (χ4v) is 2.75. The summed E-state index contributed by atoms with van der Waals surface area (Å²) >= 11 is 0. The van der Waals surface area contributed by atoms with Gasteiger partial charge in [-0.2, -0.15) is 0 Å². The summed E-state index contributed by atoms with van der Waals surface area (Å²) in [5.41, 5.74) is 2.95. The van der Waals surface area contributed by atoms with Gasteiger partial charge in [0.25, 0.3) is 0 Å². The number of carbonyl (C=O) groups excluding carboxylic acids is 1. The molecule has 148 valence electrons. The molecule has 0 bridgehead atoms. The van der Waals surface area contributed by atoms with Crippen molar-refractivity contribution in [2.45, 2.75) is 58.3 Å². The molecule has 0 spiro atoms. The van der Waals surface area contributed by atoms with E-state index >= 15 is 0 Å². The van der Waals surface area contributed by atoms with Gasteiger partial charge in [0.15, 0.2) is 5.78 Å². The third-order valence-corrected chi connectivity index (χ3v) is 4.59. The number of benzene rings is 1. The van der Waals surface area contributed by atoms with Crippen LogP contribution in [0.4, 0.5) is 0 Å². The van der Waals surface area contributed by atoms with Crippen molar-refractivity contribution in [1.29, 1.82) is 0 Å². The van der Waals surface area contributed by atoms with Crippen molar-refractivity contribution in [3.8, 4) is 0 Å². The predicted octanol–water partition coefficient (Wildman–Crippen LogP) is 6.71. The quantitative estimate of drug-likeness (QED) is 0.149. The van der Waals surface area contributed by atoms with Gasteiger partial charge < -0.3 is 9.47 Å². The van der Waals surface area contributed by atoms with Crippen molar-refractivity contribution < 1.29 is 14.3 Å². The molecule has 0 heterocycles. The number of ether oxygens (including phenoxy) is 2. The van der Waals surface area contributed by atoms with Gasteiger partial charge in [-0.1, -0.05) is 49.6 Å². The van der Waals surface area contributed by atoms with E-state index in [1.165, 1.54) is 5.57 Å². The van der Waals surface area contributed by atoms with Crippen molar-refractivity contribution in [1.82, 2.24) is 0 Å². The molecule has 0 amide bonds. The Balaban J connectivity index is 2.07. The Morgan fingerprint density at radius 3 is 2.00 bits per heavy atom. The molecule has 3 nitrogen and oxygen atoms in total. The lowest BCUT2D eigenvalue weighted by molar-refractivity contribution is 0.101. The van der Waals surface area contributed by atoms with Gasteiger partial charge in [0.1, 0.15) is 5.76 Å². The molecule has 0 saturated carbocycles. The Morgan fingerprint density at radius 1 is 0.852 bits per heavy atom. The van der Waals surface area contributed by atoms with Crippen molar-refractivity contribution in [2.75, 3.05) is 13.7 Å². The van der Waals surface area contributed by atoms with Crippen LogP contribution in [0.15, 0.2) is 55.3 Å². The molecule has 0 aliphatic heterocycles. The first-order valence-corrected chi connectivity index (χ1v) is 9.75. The van der Waals surface area contributed by atoms with E-state index in [-0.39, 0.29) is 5.78 Å². The highest BCUT2D eigenvalue weighted by molar-refractivity contribution is 5.94. The fraction of sp³-hybridized carbons (Fsp3) is 0.458. The van der Waals surface area contributed by atoms with E-state index in [0.29, 0.717) is 17.9 Å². The summed E-state index contributed by atoms with van der Waals surface area (Å²) < 4.78 is 10.8. The molecular weight excluding hydrogens is 336 g/mol. The first-order chi connectivity index (χ1) is 12.9. The summed E-state index contributed by atoms with van der Waals surface area (Å²) in [7, 11) is 1.67. The van der Waals surface area contributed by atoms with Crippen molar-refractivity contribution in [2.24, 2.45) is 0 Å². The Labute approximate surface area is 164 Å². The second-order valence-electron chi connectivity index (χ2n) is 6.92. The van der Waals surface area contributed by atoms with E-state index in [1.54, 1.807) is 14.0 Å². The van der Waals surface area contributed by atoms with Gasteiger partial charge in [-0.05, 0) is 51.9 Å². The van der Waals surface area contributed by atoms with Crippen LogP contribution in [0.5, 0.6) is 0 Å². The first-order valence-electron chi connectivity index (χ1n) is 9.75. The molecule has 0 fully saturated rings. The minimum Gasteiger partial charge on any atom is -0.502 e. The van der Waals surface area contributed by atoms with Crippen molar-refractivity contribution in [3.63, 3.8) is 0 Å². The molecule has 0 atom stereocenters. The zero-order valence-electron chi connectivity index (χ0n) is 17.0. The molecule has 0 N–H and O–H groups in total. The van der Waals surface area contributed by atoms with E-state index in [0.717, 1.165) is 62.7 Å². The van der Waals surface area contributed by atoms with Gasteiger partial charge in [0.2, 0.25) is 0 Å². The molecule has 27 heavy (non-hydrogen) atoms. The predicted molar refractivity (Wildman–Crippen MR) is 114 cm³/mol. The van der Waals surface area contributed by atoms with Gasteiger partial charge in [-0.15, -0.1) is 0 Å². The minimum absolute atomic E-state index is 0.0649. The summed E-state index contributed by atoms with van der Waals surface area (Å²) in [6.07, 6.45) is 8.62. The number of rotatable bonds is 15. The average Bonchev–Trinajstić information content (AvgIpc) is 2.67. The van der Waals surface area contributed by atoms with Gasteiger partial charge in [-0.25, -0.2) is 0 Å². The highest BCUT2D eigenvalue weighted by Crippen LogP contribution is 2.18. The van der Waals surface area contributed by atoms with Crippen molar-refractivity contribution >= 4 is 11.5 Å². The van der Waals surface area contributed by atoms with E-state index in [4.69, 9.17) is 9.47 Å². The summed E-state index contributed by atoms with van der Waals surface area (Å²) in [5.74, 6) is 1.58. The minimum atomic E-state index is 0.0649. The molecular formula is C24H34O3. The Hall–Kier alpha value is -2.29. The average molecular weight is 371 g/mol. The lowest BCUT2D eigenvalue weighted by Gasteiger charge is -2.10. The number of allylic oxidation sites excluding steroid dienone is 2. The lowest BCUT2D eigenvalue weighted by Crippen LogP contribution is -1.96. The highest BCUT2D eigenvalue weighted by atomic mass is 16.5. The first kappa shape index (κ1) is 22.8. The number of carbonyl (C=O) groups is 1. The lowest BCUT2D eigenvalue weighted by atomic mass is 10.0. The van der Waals surface area contributed by atoms with Crippen LogP contribution in [0.3, 0.4) is 0 Å². The number of ketones is 1. The van der Waals surface area contributed by atoms with Crippen LogP contribution in [0.25, 0.3) is 5.76 Å². The van der Waals surface area contributed by atoms with E-state index in [1.807, 2.05) is 24.3 Å². The van der Waals surface area contributed by atoms with E-state index in [9.17, 15) is 4.79 Å². The second-order valence-corrected chi connectivity index (χ2v) is 6.92. The molecule has 0 aliphatic rings. The number of hydrogen-bond donors (Lipinski definition) is 0. The SMILES string of the molecule is C=C(CCCCCOC(=C)c1ccc(C(C)=O)cc1)CCCCC(=C)OC. The topological polar surface area (TPSA) is 35.5 Å². The van der Waals surface area contributed by atoms with E-state index in [2.05, 4.69) is 19.7 Å². The Kier molecular flexibility index (Phi) is 10.9. The largest absolute Gasteiger partial charge is 0.502 e. The highest BCUT2D eigenvalue weighted by Gasteiger charge is 2.03. The molecule has 0 aromatic heterocycles. The van der Waals surface area contributed by atoms with Crippen LogP contribution < -0.4 is 0 Å². The fourth-order valence-electron chi connectivity index (χ4n) is 2.75. The molecule has 0 aliphatic carbocycles. The maximum absolute atomic E-state index is 11.3. The van der Waals surface area contributed by atoms with Crippen molar-refractivity contribution in [3.05, 3.63) is 66.5 Å². The number of Topliss-reactive ketones (excluding diaryl/α,β-unsaturated/α-hetero) is 1. The summed E-state index contributed by atoms with van der Waals surface area (Å²) in [4.78, 5) is 11.3. The van der Waals surface area contributed by atoms with Gasteiger partial charge >= 0.3 is 0 Å². The zero-order valence-corrected chi connectivity index (χ0v) is 17.0. The zero-order chi connectivity index (χ0) is 20.1.